The van der Waals surface area contributed by atoms with E-state index in [1.54, 1.807) is 30.3 Å². The number of esters is 1. The highest BCUT2D eigenvalue weighted by molar-refractivity contribution is 5.89. The van der Waals surface area contributed by atoms with Crippen LogP contribution in [-0.2, 0) is 30.4 Å². The SMILES string of the molecule is CC(=O)N[C@@H]1[C@H](OCc2ccccc2)[C@H](OC=O)[C@H](COC(=O)c2ccccc2)[C@H]1[N+](=O)[O-]. The summed E-state index contributed by atoms with van der Waals surface area (Å²) in [5.41, 5.74) is 1.07. The van der Waals surface area contributed by atoms with E-state index in [1.165, 1.54) is 6.92 Å². The van der Waals surface area contributed by atoms with Gasteiger partial charge in [-0.2, -0.15) is 0 Å². The molecule has 2 aromatic carbocycles. The molecule has 0 heterocycles. The zero-order chi connectivity index (χ0) is 23.8. The summed E-state index contributed by atoms with van der Waals surface area (Å²) < 4.78 is 16.4. The minimum Gasteiger partial charge on any atom is -0.461 e. The van der Waals surface area contributed by atoms with Gasteiger partial charge in [-0.25, -0.2) is 4.79 Å². The number of carbonyl (C=O) groups is 3. The van der Waals surface area contributed by atoms with Crippen LogP contribution in [0, 0.1) is 16.0 Å². The van der Waals surface area contributed by atoms with Crippen molar-refractivity contribution in [3.8, 4) is 0 Å². The van der Waals surface area contributed by atoms with Crippen molar-refractivity contribution in [1.82, 2.24) is 5.32 Å². The van der Waals surface area contributed by atoms with Crippen molar-refractivity contribution in [2.45, 2.75) is 37.8 Å². The van der Waals surface area contributed by atoms with Crippen molar-refractivity contribution in [3.63, 3.8) is 0 Å². The van der Waals surface area contributed by atoms with E-state index in [1.807, 2.05) is 30.3 Å². The molecule has 3 rings (SSSR count). The van der Waals surface area contributed by atoms with Gasteiger partial charge in [-0.1, -0.05) is 48.5 Å². The topological polar surface area (TPSA) is 134 Å². The van der Waals surface area contributed by atoms with Gasteiger partial charge >= 0.3 is 5.97 Å². The first-order valence-electron chi connectivity index (χ1n) is 10.3. The lowest BCUT2D eigenvalue weighted by atomic mass is 10.0. The first kappa shape index (κ1) is 23.9. The first-order chi connectivity index (χ1) is 15.9. The van der Waals surface area contributed by atoms with Gasteiger partial charge in [-0.15, -0.1) is 0 Å². The number of hydrogen-bond donors (Lipinski definition) is 1. The molecule has 5 atom stereocenters. The Morgan fingerprint density at radius 3 is 2.27 bits per heavy atom. The molecule has 1 fully saturated rings. The lowest BCUT2D eigenvalue weighted by Gasteiger charge is -2.24. The molecule has 1 saturated carbocycles. The van der Waals surface area contributed by atoms with Gasteiger partial charge in [0.25, 0.3) is 6.47 Å². The molecule has 0 aromatic heterocycles. The van der Waals surface area contributed by atoms with Crippen LogP contribution in [0.15, 0.2) is 60.7 Å². The Morgan fingerprint density at radius 2 is 1.70 bits per heavy atom. The second-order valence-electron chi connectivity index (χ2n) is 7.59. The van der Waals surface area contributed by atoms with Crippen molar-refractivity contribution >= 4 is 18.3 Å². The molecule has 10 nitrogen and oxygen atoms in total. The Labute approximate surface area is 190 Å². The summed E-state index contributed by atoms with van der Waals surface area (Å²) in [6.07, 6.45) is -2.16. The van der Waals surface area contributed by atoms with Crippen molar-refractivity contribution < 1.29 is 33.5 Å². The maximum absolute atomic E-state index is 12.4. The predicted octanol–water partition coefficient (Wildman–Crippen LogP) is 1.75. The van der Waals surface area contributed by atoms with Crippen LogP contribution in [-0.4, -0.2) is 54.2 Å². The maximum atomic E-state index is 12.4. The molecular formula is C23H24N2O8. The minimum atomic E-state index is -1.41. The number of rotatable bonds is 10. The van der Waals surface area contributed by atoms with Crippen LogP contribution in [0.3, 0.4) is 0 Å². The van der Waals surface area contributed by atoms with Crippen molar-refractivity contribution in [3.05, 3.63) is 81.9 Å². The maximum Gasteiger partial charge on any atom is 0.338 e. The van der Waals surface area contributed by atoms with E-state index in [4.69, 9.17) is 14.2 Å². The molecule has 0 radical (unpaired) electrons. The fourth-order valence-corrected chi connectivity index (χ4v) is 4.02. The Kier molecular flexibility index (Phi) is 8.09. The van der Waals surface area contributed by atoms with E-state index >= 15 is 0 Å². The third kappa shape index (κ3) is 5.92. The highest BCUT2D eigenvalue weighted by atomic mass is 16.6. The van der Waals surface area contributed by atoms with Gasteiger partial charge in [0, 0.05) is 11.8 Å². The average molecular weight is 456 g/mol. The molecule has 0 bridgehead atoms. The molecule has 1 N–H and O–H groups in total. The normalized spacial score (nSPS) is 24.0. The van der Waals surface area contributed by atoms with Gasteiger partial charge in [0.1, 0.15) is 30.8 Å². The van der Waals surface area contributed by atoms with Gasteiger partial charge in [0.15, 0.2) is 0 Å². The molecule has 2 aromatic rings. The third-order valence-corrected chi connectivity index (χ3v) is 5.43. The fourth-order valence-electron chi connectivity index (χ4n) is 4.02. The largest absolute Gasteiger partial charge is 0.461 e. The van der Waals surface area contributed by atoms with E-state index in [-0.39, 0.29) is 18.6 Å². The molecular weight excluding hydrogens is 432 g/mol. The number of carbonyl (C=O) groups excluding carboxylic acids is 3. The highest BCUT2D eigenvalue weighted by Crippen LogP contribution is 2.34. The Hall–Kier alpha value is -3.79. The van der Waals surface area contributed by atoms with E-state index in [0.29, 0.717) is 0 Å². The van der Waals surface area contributed by atoms with Gasteiger partial charge in [0.05, 0.1) is 12.2 Å². The molecule has 33 heavy (non-hydrogen) atoms. The third-order valence-electron chi connectivity index (χ3n) is 5.43. The van der Waals surface area contributed by atoms with Crippen LogP contribution in [0.2, 0.25) is 0 Å². The second kappa shape index (κ2) is 11.2. The predicted molar refractivity (Wildman–Crippen MR) is 115 cm³/mol. The van der Waals surface area contributed by atoms with E-state index in [2.05, 4.69) is 5.32 Å². The van der Waals surface area contributed by atoms with Crippen LogP contribution < -0.4 is 5.32 Å². The van der Waals surface area contributed by atoms with Gasteiger partial charge in [0.2, 0.25) is 11.9 Å². The number of ether oxygens (including phenoxy) is 3. The molecule has 1 amide bonds. The highest BCUT2D eigenvalue weighted by Gasteiger charge is 2.60. The summed E-state index contributed by atoms with van der Waals surface area (Å²) in [4.78, 5) is 46.9. The van der Waals surface area contributed by atoms with Crippen LogP contribution in [0.25, 0.3) is 0 Å². The van der Waals surface area contributed by atoms with E-state index in [9.17, 15) is 24.5 Å². The Balaban J connectivity index is 1.85. The summed E-state index contributed by atoms with van der Waals surface area (Å²) in [5.74, 6) is -2.23. The van der Waals surface area contributed by atoms with Crippen molar-refractivity contribution in [2.24, 2.45) is 5.92 Å². The zero-order valence-corrected chi connectivity index (χ0v) is 17.9. The number of amides is 1. The Bertz CT molecular complexity index is 969. The standard InChI is InChI=1S/C23H24N2O8/c1-15(27)24-19-20(25(29)30)18(13-32-23(28)17-10-6-3-7-11-17)21(33-14-26)22(19)31-12-16-8-4-2-5-9-16/h2-11,14,18-22H,12-13H2,1H3,(H,24,27)/t18-,19+,20-,21-,22+/m1/s1. The van der Waals surface area contributed by atoms with E-state index < -0.39 is 53.6 Å². The Morgan fingerprint density at radius 1 is 1.06 bits per heavy atom. The van der Waals surface area contributed by atoms with Crippen molar-refractivity contribution in [1.29, 1.82) is 0 Å². The summed E-state index contributed by atoms with van der Waals surface area (Å²) in [5, 5.41) is 14.6. The number of nitrogens with zero attached hydrogens (tertiary/aromatic N) is 1. The molecule has 174 valence electrons. The lowest BCUT2D eigenvalue weighted by molar-refractivity contribution is -0.533. The fraction of sp³-hybridized carbons (Fsp3) is 0.348. The van der Waals surface area contributed by atoms with Gasteiger partial charge in [-0.05, 0) is 17.7 Å². The second-order valence-corrected chi connectivity index (χ2v) is 7.59. The number of nitrogens with one attached hydrogen (secondary N) is 1. The summed E-state index contributed by atoms with van der Waals surface area (Å²) in [6, 6.07) is 14.7. The number of benzene rings is 2. The number of hydrogen-bond acceptors (Lipinski definition) is 8. The molecule has 0 aliphatic heterocycles. The lowest BCUT2D eigenvalue weighted by Crippen LogP contribution is -2.50. The van der Waals surface area contributed by atoms with Crippen LogP contribution in [0.1, 0.15) is 22.8 Å². The van der Waals surface area contributed by atoms with E-state index in [0.717, 1.165) is 5.56 Å². The minimum absolute atomic E-state index is 0.0707. The molecule has 0 spiro atoms. The summed E-state index contributed by atoms with van der Waals surface area (Å²) in [7, 11) is 0. The average Bonchev–Trinajstić information content (AvgIpc) is 3.09. The first-order valence-corrected chi connectivity index (χ1v) is 10.3. The molecule has 0 unspecified atom stereocenters. The molecule has 0 saturated heterocycles. The number of nitro groups is 1. The van der Waals surface area contributed by atoms with Gasteiger partial charge in [-0.3, -0.25) is 19.7 Å². The summed E-state index contributed by atoms with van der Waals surface area (Å²) >= 11 is 0. The summed E-state index contributed by atoms with van der Waals surface area (Å²) in [6.45, 7) is 1.06. The zero-order valence-electron chi connectivity index (χ0n) is 17.9. The van der Waals surface area contributed by atoms with Crippen LogP contribution in [0.4, 0.5) is 0 Å². The monoisotopic (exact) mass is 456 g/mol. The van der Waals surface area contributed by atoms with Crippen LogP contribution in [0.5, 0.6) is 0 Å². The van der Waals surface area contributed by atoms with Crippen LogP contribution >= 0.6 is 0 Å². The van der Waals surface area contributed by atoms with Gasteiger partial charge < -0.3 is 19.5 Å². The molecule has 10 heteroatoms. The quantitative estimate of drug-likeness (QED) is 0.247. The van der Waals surface area contributed by atoms with Crippen molar-refractivity contribution in [2.75, 3.05) is 6.61 Å². The molecule has 1 aliphatic rings. The smallest absolute Gasteiger partial charge is 0.338 e. The molecule has 1 aliphatic carbocycles.